The fraction of sp³-hybridized carbons (Fsp3) is 0.158. The van der Waals surface area contributed by atoms with Gasteiger partial charge in [-0.15, -0.1) is 0 Å². The third-order valence-corrected chi connectivity index (χ3v) is 4.54. The molecule has 0 saturated carbocycles. The second-order valence-electron chi connectivity index (χ2n) is 5.35. The Morgan fingerprint density at radius 1 is 1.20 bits per heavy atom. The number of methoxy groups -OCH3 is 1. The first-order chi connectivity index (χ1) is 12.2. The molecule has 1 heterocycles. The van der Waals surface area contributed by atoms with Crippen molar-refractivity contribution in [1.82, 2.24) is 4.90 Å². The molecule has 6 heteroatoms. The second-order valence-corrected chi connectivity index (χ2v) is 6.35. The third kappa shape index (κ3) is 4.35. The number of ether oxygens (including phenoxy) is 1. The first-order valence-corrected chi connectivity index (χ1v) is 8.58. The van der Waals surface area contributed by atoms with Crippen LogP contribution in [0.3, 0.4) is 0 Å². The van der Waals surface area contributed by atoms with Crippen LogP contribution < -0.4 is 0 Å². The Morgan fingerprint density at radius 2 is 2.00 bits per heavy atom. The molecule has 0 aliphatic carbocycles. The van der Waals surface area contributed by atoms with Crippen LogP contribution in [0.4, 0.5) is 10.1 Å². The Hall–Kier alpha value is -2.44. The lowest BCUT2D eigenvalue weighted by Crippen LogP contribution is -2.32. The molecule has 25 heavy (non-hydrogen) atoms. The van der Waals surface area contributed by atoms with Crippen molar-refractivity contribution < 1.29 is 13.9 Å². The predicted octanol–water partition coefficient (Wildman–Crippen LogP) is 4.08. The molecule has 3 rings (SSSR count). The van der Waals surface area contributed by atoms with Crippen molar-refractivity contribution in [2.24, 2.45) is 4.99 Å². The highest BCUT2D eigenvalue weighted by molar-refractivity contribution is 8.18. The monoisotopic (exact) mass is 356 g/mol. The molecule has 2 aromatic carbocycles. The van der Waals surface area contributed by atoms with Crippen LogP contribution in [-0.4, -0.2) is 36.2 Å². The van der Waals surface area contributed by atoms with Gasteiger partial charge in [-0.25, -0.2) is 9.38 Å². The van der Waals surface area contributed by atoms with E-state index in [9.17, 15) is 9.18 Å². The SMILES string of the molecule is COCCN1C(=O)/C(=C/c2cccc(F)c2)SC1=Nc1ccccc1. The van der Waals surface area contributed by atoms with E-state index >= 15 is 0 Å². The molecule has 0 unspecified atom stereocenters. The summed E-state index contributed by atoms with van der Waals surface area (Å²) in [6.45, 7) is 0.821. The van der Waals surface area contributed by atoms with Gasteiger partial charge in [0.1, 0.15) is 5.82 Å². The van der Waals surface area contributed by atoms with E-state index in [1.54, 1.807) is 30.2 Å². The first-order valence-electron chi connectivity index (χ1n) is 7.77. The van der Waals surface area contributed by atoms with Crippen LogP contribution in [0.1, 0.15) is 5.56 Å². The summed E-state index contributed by atoms with van der Waals surface area (Å²) in [5.41, 5.74) is 1.41. The highest BCUT2D eigenvalue weighted by atomic mass is 32.2. The van der Waals surface area contributed by atoms with E-state index in [4.69, 9.17) is 4.74 Å². The van der Waals surface area contributed by atoms with Gasteiger partial charge in [-0.2, -0.15) is 0 Å². The summed E-state index contributed by atoms with van der Waals surface area (Å²) in [6.07, 6.45) is 1.68. The van der Waals surface area contributed by atoms with Gasteiger partial charge in [0.2, 0.25) is 0 Å². The summed E-state index contributed by atoms with van der Waals surface area (Å²) in [5.74, 6) is -0.486. The van der Waals surface area contributed by atoms with Gasteiger partial charge in [0.05, 0.1) is 23.7 Å². The van der Waals surface area contributed by atoms with Gasteiger partial charge < -0.3 is 4.74 Å². The lowest BCUT2D eigenvalue weighted by atomic mass is 10.2. The maximum atomic E-state index is 13.4. The van der Waals surface area contributed by atoms with Crippen molar-refractivity contribution in [2.45, 2.75) is 0 Å². The predicted molar refractivity (Wildman–Crippen MR) is 99.1 cm³/mol. The smallest absolute Gasteiger partial charge is 0.266 e. The van der Waals surface area contributed by atoms with Crippen LogP contribution in [0, 0.1) is 5.82 Å². The van der Waals surface area contributed by atoms with Crippen molar-refractivity contribution in [3.63, 3.8) is 0 Å². The largest absolute Gasteiger partial charge is 0.383 e. The zero-order chi connectivity index (χ0) is 17.6. The minimum absolute atomic E-state index is 0.152. The van der Waals surface area contributed by atoms with E-state index in [1.165, 1.54) is 23.9 Å². The van der Waals surface area contributed by atoms with Crippen molar-refractivity contribution in [2.75, 3.05) is 20.3 Å². The number of hydrogen-bond acceptors (Lipinski definition) is 4. The summed E-state index contributed by atoms with van der Waals surface area (Å²) in [4.78, 5) is 19.4. The van der Waals surface area contributed by atoms with Gasteiger partial charge in [-0.1, -0.05) is 30.3 Å². The first kappa shape index (κ1) is 17.4. The summed E-state index contributed by atoms with van der Waals surface area (Å²) in [6, 6.07) is 15.6. The number of halogens is 1. The number of carbonyl (C=O) groups is 1. The molecule has 0 bridgehead atoms. The average Bonchev–Trinajstić information content (AvgIpc) is 2.89. The average molecular weight is 356 g/mol. The number of carbonyl (C=O) groups excluding carboxylic acids is 1. The van der Waals surface area contributed by atoms with E-state index < -0.39 is 0 Å². The topological polar surface area (TPSA) is 41.9 Å². The van der Waals surface area contributed by atoms with E-state index in [-0.39, 0.29) is 11.7 Å². The van der Waals surface area contributed by atoms with E-state index in [2.05, 4.69) is 4.99 Å². The van der Waals surface area contributed by atoms with Gasteiger partial charge in [0.25, 0.3) is 5.91 Å². The molecule has 0 spiro atoms. The van der Waals surface area contributed by atoms with Gasteiger partial charge in [-0.05, 0) is 47.7 Å². The van der Waals surface area contributed by atoms with Crippen LogP contribution in [0.25, 0.3) is 6.08 Å². The van der Waals surface area contributed by atoms with E-state index in [1.807, 2.05) is 30.3 Å². The Morgan fingerprint density at radius 3 is 2.72 bits per heavy atom. The molecule has 1 fully saturated rings. The summed E-state index contributed by atoms with van der Waals surface area (Å²) < 4.78 is 18.5. The minimum atomic E-state index is -0.334. The lowest BCUT2D eigenvalue weighted by Gasteiger charge is -2.14. The molecule has 1 aliphatic rings. The number of benzene rings is 2. The van der Waals surface area contributed by atoms with Crippen LogP contribution in [0.5, 0.6) is 0 Å². The number of aliphatic imine (C=N–C) groups is 1. The molecule has 0 N–H and O–H groups in total. The molecular weight excluding hydrogens is 339 g/mol. The fourth-order valence-corrected chi connectivity index (χ4v) is 3.36. The van der Waals surface area contributed by atoms with Crippen LogP contribution in [0.15, 0.2) is 64.5 Å². The second kappa shape index (κ2) is 8.09. The third-order valence-electron chi connectivity index (χ3n) is 3.53. The Kier molecular flexibility index (Phi) is 5.63. The Labute approximate surface area is 150 Å². The maximum absolute atomic E-state index is 13.4. The number of thioether (sulfide) groups is 1. The van der Waals surface area contributed by atoms with Gasteiger partial charge in [0.15, 0.2) is 5.17 Å². The number of hydrogen-bond donors (Lipinski definition) is 0. The van der Waals surface area contributed by atoms with Gasteiger partial charge >= 0.3 is 0 Å². The van der Waals surface area contributed by atoms with Crippen LogP contribution >= 0.6 is 11.8 Å². The van der Waals surface area contributed by atoms with Crippen molar-refractivity contribution in [1.29, 1.82) is 0 Å². The normalized spacial score (nSPS) is 17.7. The molecule has 1 amide bonds. The van der Waals surface area contributed by atoms with Crippen molar-refractivity contribution in [3.8, 4) is 0 Å². The minimum Gasteiger partial charge on any atom is -0.383 e. The van der Waals surface area contributed by atoms with E-state index in [0.29, 0.717) is 28.8 Å². The maximum Gasteiger partial charge on any atom is 0.266 e. The highest BCUT2D eigenvalue weighted by Gasteiger charge is 2.33. The van der Waals surface area contributed by atoms with Gasteiger partial charge in [0, 0.05) is 7.11 Å². The van der Waals surface area contributed by atoms with Crippen molar-refractivity contribution in [3.05, 3.63) is 70.9 Å². The number of para-hydroxylation sites is 1. The van der Waals surface area contributed by atoms with Crippen molar-refractivity contribution >= 4 is 34.6 Å². The molecule has 0 radical (unpaired) electrons. The van der Waals surface area contributed by atoms with E-state index in [0.717, 1.165) is 5.69 Å². The number of amidine groups is 1. The Bertz CT molecular complexity index is 821. The summed E-state index contributed by atoms with van der Waals surface area (Å²) in [7, 11) is 1.59. The molecule has 128 valence electrons. The molecule has 1 aliphatic heterocycles. The molecule has 4 nitrogen and oxygen atoms in total. The van der Waals surface area contributed by atoms with Crippen LogP contribution in [0.2, 0.25) is 0 Å². The number of amides is 1. The fourth-order valence-electron chi connectivity index (χ4n) is 2.33. The molecule has 2 aromatic rings. The number of rotatable bonds is 5. The molecule has 0 atom stereocenters. The quantitative estimate of drug-likeness (QED) is 0.758. The molecule has 0 aromatic heterocycles. The zero-order valence-corrected chi connectivity index (χ0v) is 14.5. The highest BCUT2D eigenvalue weighted by Crippen LogP contribution is 2.34. The molecular formula is C19H17FN2O2S. The lowest BCUT2D eigenvalue weighted by molar-refractivity contribution is -0.122. The molecule has 1 saturated heterocycles. The number of nitrogens with zero attached hydrogens (tertiary/aromatic N) is 2. The summed E-state index contributed by atoms with van der Waals surface area (Å²) >= 11 is 1.28. The standard InChI is InChI=1S/C19H17FN2O2S/c1-24-11-10-22-18(23)17(13-14-6-5-7-15(20)12-14)25-19(22)21-16-8-3-2-4-9-16/h2-9,12-13H,10-11H2,1H3/b17-13-,21-19?. The van der Waals surface area contributed by atoms with Crippen LogP contribution in [-0.2, 0) is 9.53 Å². The zero-order valence-electron chi connectivity index (χ0n) is 13.7. The Balaban J connectivity index is 1.92. The summed E-state index contributed by atoms with van der Waals surface area (Å²) in [5, 5.41) is 0.593. The van der Waals surface area contributed by atoms with Gasteiger partial charge in [-0.3, -0.25) is 9.69 Å².